The van der Waals surface area contributed by atoms with Crippen molar-refractivity contribution >= 4 is 17.9 Å². The molecule has 0 rings (SSSR count). The molecule has 0 aliphatic heterocycles. The summed E-state index contributed by atoms with van der Waals surface area (Å²) in [5, 5.41) is 11.6. The van der Waals surface area contributed by atoms with Gasteiger partial charge >= 0.3 is 11.9 Å². The summed E-state index contributed by atoms with van der Waals surface area (Å²) in [7, 11) is 5.40. The van der Waals surface area contributed by atoms with Crippen molar-refractivity contribution < 1.29 is 38.2 Å². The number of quaternary nitrogens is 1. The van der Waals surface area contributed by atoms with Gasteiger partial charge in [-0.25, -0.2) is 0 Å². The minimum absolute atomic E-state index is 0.0278. The Morgan fingerprint density at radius 3 is 1.41 bits per heavy atom. The van der Waals surface area contributed by atoms with Crippen LogP contribution in [-0.4, -0.2) is 75.5 Å². The average Bonchev–Trinajstić information content (AvgIpc) is 3.19. The van der Waals surface area contributed by atoms with E-state index in [1.165, 1.54) is 96.3 Å². The molecule has 0 saturated heterocycles. The third-order valence-electron chi connectivity index (χ3n) is 10.5. The molecule has 0 N–H and O–H groups in total. The Kier molecular flexibility index (Phi) is 39.6. The molecule has 2 unspecified atom stereocenters. The number of carboxylic acids is 1. The quantitative estimate of drug-likeness (QED) is 0.0198. The first-order chi connectivity index (χ1) is 28.6. The highest BCUT2D eigenvalue weighted by Crippen LogP contribution is 2.14. The molecule has 0 radical (unpaired) electrons. The number of nitrogens with zero attached hydrogens (tertiary/aromatic N) is 1. The molecule has 2 atom stereocenters. The van der Waals surface area contributed by atoms with E-state index in [0.29, 0.717) is 12.8 Å². The van der Waals surface area contributed by atoms with Gasteiger partial charge in [-0.3, -0.25) is 9.59 Å². The lowest BCUT2D eigenvalue weighted by Crippen LogP contribution is -2.55. The molecule has 0 heterocycles. The summed E-state index contributed by atoms with van der Waals surface area (Å²) < 4.78 is 17.2. The maximum Gasteiger partial charge on any atom is 0.306 e. The van der Waals surface area contributed by atoms with E-state index in [0.717, 1.165) is 64.2 Å². The van der Waals surface area contributed by atoms with Crippen molar-refractivity contribution in [3.63, 3.8) is 0 Å². The van der Waals surface area contributed by atoms with Gasteiger partial charge in [0.25, 0.3) is 0 Å². The number of likely N-dealkylation sites (N-methyl/N-ethyl adjacent to an activating group) is 1. The number of allylic oxidation sites excluding steroid dienone is 10. The number of carbonyl (C=O) groups excluding carboxylic acids is 3. The van der Waals surface area contributed by atoms with E-state index < -0.39 is 18.1 Å². The number of unbranched alkanes of at least 4 members (excludes halogenated alkanes) is 21. The molecule has 59 heavy (non-hydrogen) atoms. The third kappa shape index (κ3) is 40.2. The summed E-state index contributed by atoms with van der Waals surface area (Å²) in [6.45, 7) is 4.59. The Bertz CT molecular complexity index is 1150. The first-order valence-corrected chi connectivity index (χ1v) is 23.9. The number of ether oxygens (including phenoxy) is 3. The monoisotopic (exact) mass is 828 g/mol. The van der Waals surface area contributed by atoms with Crippen molar-refractivity contribution in [1.82, 2.24) is 0 Å². The zero-order valence-electron chi connectivity index (χ0n) is 38.7. The van der Waals surface area contributed by atoms with Gasteiger partial charge in [0, 0.05) is 19.3 Å². The third-order valence-corrected chi connectivity index (χ3v) is 10.5. The first kappa shape index (κ1) is 56.0. The molecule has 0 aromatic heterocycles. The molecule has 340 valence electrons. The molecule has 0 spiro atoms. The zero-order chi connectivity index (χ0) is 43.5. The van der Waals surface area contributed by atoms with Gasteiger partial charge in [0.15, 0.2) is 6.10 Å². The van der Waals surface area contributed by atoms with Crippen LogP contribution in [0.4, 0.5) is 0 Å². The van der Waals surface area contributed by atoms with Crippen LogP contribution in [0.1, 0.15) is 194 Å². The van der Waals surface area contributed by atoms with Crippen LogP contribution >= 0.6 is 0 Å². The van der Waals surface area contributed by atoms with Crippen LogP contribution in [0, 0.1) is 0 Å². The highest BCUT2D eigenvalue weighted by atomic mass is 16.6. The maximum absolute atomic E-state index is 12.7. The fourth-order valence-electron chi connectivity index (χ4n) is 6.72. The number of aliphatic carboxylic acids is 1. The van der Waals surface area contributed by atoms with Gasteiger partial charge in [0.05, 0.1) is 40.3 Å². The second-order valence-corrected chi connectivity index (χ2v) is 17.1. The number of carbonyl (C=O) groups is 3. The largest absolute Gasteiger partial charge is 0.544 e. The fourth-order valence-corrected chi connectivity index (χ4v) is 6.72. The van der Waals surface area contributed by atoms with E-state index >= 15 is 0 Å². The van der Waals surface area contributed by atoms with Gasteiger partial charge < -0.3 is 28.6 Å². The van der Waals surface area contributed by atoms with Crippen molar-refractivity contribution in [2.24, 2.45) is 0 Å². The number of carboxylic acid groups (broad SMARTS) is 1. The smallest absolute Gasteiger partial charge is 0.306 e. The summed E-state index contributed by atoms with van der Waals surface area (Å²) in [6, 6.07) is -0.733. The lowest BCUT2D eigenvalue weighted by molar-refractivity contribution is -0.889. The predicted octanol–water partition coefficient (Wildman–Crippen LogP) is 12.0. The Balaban J connectivity index is 4.37. The van der Waals surface area contributed by atoms with E-state index in [9.17, 15) is 19.5 Å². The van der Waals surface area contributed by atoms with Crippen LogP contribution < -0.4 is 5.11 Å². The molecule has 0 fully saturated rings. The van der Waals surface area contributed by atoms with Crippen molar-refractivity contribution in [2.45, 2.75) is 206 Å². The van der Waals surface area contributed by atoms with Crippen LogP contribution in [0.25, 0.3) is 0 Å². The predicted molar refractivity (Wildman–Crippen MR) is 245 cm³/mol. The second kappa shape index (κ2) is 41.8. The highest BCUT2D eigenvalue weighted by Gasteiger charge is 2.25. The second-order valence-electron chi connectivity index (χ2n) is 17.1. The lowest BCUT2D eigenvalue weighted by atomic mass is 10.1. The average molecular weight is 828 g/mol. The van der Waals surface area contributed by atoms with E-state index in [1.54, 1.807) is 21.1 Å². The molecule has 0 bridgehead atoms. The van der Waals surface area contributed by atoms with E-state index in [-0.39, 0.29) is 42.7 Å². The summed E-state index contributed by atoms with van der Waals surface area (Å²) in [6.07, 6.45) is 50.9. The molecule has 0 aromatic rings. The van der Waals surface area contributed by atoms with Gasteiger partial charge in [-0.2, -0.15) is 0 Å². The van der Waals surface area contributed by atoms with Crippen LogP contribution in [0.15, 0.2) is 60.8 Å². The lowest BCUT2D eigenvalue weighted by Gasteiger charge is -2.34. The standard InChI is InChI=1S/C51H89NO7/c1-6-8-10-12-14-16-18-20-22-24-26-28-30-32-34-36-38-40-42-50(54)59-47(45-57-44-43-48(51(55)56)52(3,4)5)46-58-49(53)41-39-37-35-33-31-29-27-25-23-21-19-17-15-13-11-9-7-2/h14,16,18,20-24,26,28,47-48H,6-13,15,17,19,25,27,29-46H2,1-5H3/b16-14+,20-18+,23-21+,24-22+,28-26+. The van der Waals surface area contributed by atoms with Gasteiger partial charge in [0.1, 0.15) is 12.6 Å². The van der Waals surface area contributed by atoms with Crippen molar-refractivity contribution in [3.05, 3.63) is 60.8 Å². The molecular formula is C51H89NO7. The summed E-state index contributed by atoms with van der Waals surface area (Å²) in [4.78, 5) is 36.9. The number of hydrogen-bond donors (Lipinski definition) is 0. The van der Waals surface area contributed by atoms with E-state index in [4.69, 9.17) is 14.2 Å². The zero-order valence-corrected chi connectivity index (χ0v) is 38.7. The van der Waals surface area contributed by atoms with Gasteiger partial charge in [-0.15, -0.1) is 0 Å². The Morgan fingerprint density at radius 2 is 0.915 bits per heavy atom. The van der Waals surface area contributed by atoms with Crippen LogP contribution in [0.5, 0.6) is 0 Å². The molecule has 8 nitrogen and oxygen atoms in total. The molecule has 0 saturated carbocycles. The maximum atomic E-state index is 12.7. The fraction of sp³-hybridized carbons (Fsp3) is 0.745. The number of esters is 2. The summed E-state index contributed by atoms with van der Waals surface area (Å²) in [5.41, 5.74) is 0. The van der Waals surface area contributed by atoms with Gasteiger partial charge in [-0.05, 0) is 64.2 Å². The van der Waals surface area contributed by atoms with Gasteiger partial charge in [0.2, 0.25) is 0 Å². The summed E-state index contributed by atoms with van der Waals surface area (Å²) >= 11 is 0. The molecule has 0 aliphatic carbocycles. The minimum atomic E-state index is -1.13. The Morgan fingerprint density at radius 1 is 0.508 bits per heavy atom. The first-order valence-electron chi connectivity index (χ1n) is 23.9. The van der Waals surface area contributed by atoms with Crippen molar-refractivity contribution in [2.75, 3.05) is 41.0 Å². The van der Waals surface area contributed by atoms with Crippen LogP contribution in [0.3, 0.4) is 0 Å². The SMILES string of the molecule is CCCCC/C=C/C=C/C=C/C=C/CCCCCCCC(=O)OC(COCCC(C(=O)[O-])[N+](C)(C)C)COC(=O)CCCCCCCCC/C=C/CCCCCCCC. The van der Waals surface area contributed by atoms with Crippen LogP contribution in [-0.2, 0) is 28.6 Å². The van der Waals surface area contributed by atoms with Crippen molar-refractivity contribution in [1.29, 1.82) is 0 Å². The number of rotatable bonds is 42. The molecular weight excluding hydrogens is 739 g/mol. The minimum Gasteiger partial charge on any atom is -0.544 e. The highest BCUT2D eigenvalue weighted by molar-refractivity contribution is 5.70. The van der Waals surface area contributed by atoms with E-state index in [1.807, 2.05) is 6.08 Å². The molecule has 0 aliphatic rings. The molecule has 0 amide bonds. The topological polar surface area (TPSA) is 102 Å². The molecule has 8 heteroatoms. The van der Waals surface area contributed by atoms with Crippen LogP contribution in [0.2, 0.25) is 0 Å². The Labute approximate surface area is 362 Å². The normalized spacial score (nSPS) is 13.4. The summed E-state index contributed by atoms with van der Waals surface area (Å²) in [5.74, 6) is -1.77. The van der Waals surface area contributed by atoms with E-state index in [2.05, 4.69) is 68.5 Å². The Hall–Kier alpha value is -2.97. The number of hydrogen-bond acceptors (Lipinski definition) is 7. The van der Waals surface area contributed by atoms with Gasteiger partial charge in [-0.1, -0.05) is 171 Å². The van der Waals surface area contributed by atoms with Crippen molar-refractivity contribution in [3.8, 4) is 0 Å². The molecule has 0 aromatic carbocycles.